The summed E-state index contributed by atoms with van der Waals surface area (Å²) in [6.07, 6.45) is 0. The lowest BCUT2D eigenvalue weighted by atomic mass is 10.0. The number of carbonyl (C=O) groups is 2. The van der Waals surface area contributed by atoms with E-state index in [1.165, 1.54) is 32.4 Å². The number of para-hydroxylation sites is 1. The first-order valence-electron chi connectivity index (χ1n) is 9.88. The molecule has 1 aliphatic heterocycles. The summed E-state index contributed by atoms with van der Waals surface area (Å²) < 4.78 is 25.1. The Morgan fingerprint density at radius 2 is 1.59 bits per heavy atom. The van der Waals surface area contributed by atoms with E-state index in [2.05, 4.69) is 5.32 Å². The van der Waals surface area contributed by atoms with Gasteiger partial charge in [-0.25, -0.2) is 9.29 Å². The van der Waals surface area contributed by atoms with Crippen LogP contribution in [0.1, 0.15) is 11.1 Å². The van der Waals surface area contributed by atoms with E-state index in [-0.39, 0.29) is 17.0 Å². The van der Waals surface area contributed by atoms with Crippen LogP contribution < -0.4 is 19.7 Å². The minimum atomic E-state index is -0.666. The first-order chi connectivity index (χ1) is 15.4. The lowest BCUT2D eigenvalue weighted by Gasteiger charge is -2.16. The molecule has 162 valence electrons. The van der Waals surface area contributed by atoms with Crippen molar-refractivity contribution in [1.82, 2.24) is 0 Å². The molecule has 1 aliphatic rings. The van der Waals surface area contributed by atoms with Crippen molar-refractivity contribution in [3.63, 3.8) is 0 Å². The number of nitrogens with one attached hydrogen (secondary N) is 1. The molecule has 4 rings (SSSR count). The number of nitrogens with zero attached hydrogens (tertiary/aromatic N) is 1. The standard InChI is InChI=1S/C25H21FN2O4/c1-15-8-10-16(11-9-15)22-23(27-19-13-12-17(31-2)14-21(19)32-3)25(30)28(24(22)29)20-7-5-4-6-18(20)26/h4-14,27H,1-3H3. The highest BCUT2D eigenvalue weighted by atomic mass is 19.1. The van der Waals surface area contributed by atoms with Crippen LogP contribution in [-0.2, 0) is 9.59 Å². The summed E-state index contributed by atoms with van der Waals surface area (Å²) in [6.45, 7) is 1.92. The number of carbonyl (C=O) groups excluding carboxylic acids is 2. The van der Waals surface area contributed by atoms with Crippen molar-refractivity contribution in [2.75, 3.05) is 24.4 Å². The normalized spacial score (nSPS) is 13.6. The Labute approximate surface area is 184 Å². The molecule has 0 saturated carbocycles. The fourth-order valence-corrected chi connectivity index (χ4v) is 3.52. The van der Waals surface area contributed by atoms with Crippen molar-refractivity contribution in [3.8, 4) is 11.5 Å². The molecular weight excluding hydrogens is 411 g/mol. The van der Waals surface area contributed by atoms with E-state index in [0.29, 0.717) is 22.7 Å². The topological polar surface area (TPSA) is 67.9 Å². The maximum Gasteiger partial charge on any atom is 0.282 e. The van der Waals surface area contributed by atoms with Crippen LogP contribution in [0.4, 0.5) is 15.8 Å². The van der Waals surface area contributed by atoms with Crippen LogP contribution in [0.3, 0.4) is 0 Å². The second-order valence-electron chi connectivity index (χ2n) is 7.20. The van der Waals surface area contributed by atoms with Gasteiger partial charge in [-0.3, -0.25) is 9.59 Å². The summed E-state index contributed by atoms with van der Waals surface area (Å²) in [7, 11) is 3.02. The summed E-state index contributed by atoms with van der Waals surface area (Å²) in [5.41, 5.74) is 2.09. The van der Waals surface area contributed by atoms with E-state index in [1.807, 2.05) is 19.1 Å². The van der Waals surface area contributed by atoms with Crippen LogP contribution >= 0.6 is 0 Å². The van der Waals surface area contributed by atoms with Gasteiger partial charge >= 0.3 is 0 Å². The fourth-order valence-electron chi connectivity index (χ4n) is 3.52. The Morgan fingerprint density at radius 3 is 2.25 bits per heavy atom. The molecule has 2 amide bonds. The van der Waals surface area contributed by atoms with Gasteiger partial charge in [-0.1, -0.05) is 42.0 Å². The largest absolute Gasteiger partial charge is 0.497 e. The highest BCUT2D eigenvalue weighted by Gasteiger charge is 2.41. The Bertz CT molecular complexity index is 1230. The van der Waals surface area contributed by atoms with Crippen molar-refractivity contribution in [2.24, 2.45) is 0 Å². The van der Waals surface area contributed by atoms with Gasteiger partial charge in [0.1, 0.15) is 23.0 Å². The minimum absolute atomic E-state index is 0.0329. The average Bonchev–Trinajstić information content (AvgIpc) is 3.04. The number of halogens is 1. The van der Waals surface area contributed by atoms with Gasteiger partial charge in [-0.2, -0.15) is 0 Å². The van der Waals surface area contributed by atoms with Crippen molar-refractivity contribution < 1.29 is 23.5 Å². The molecule has 0 bridgehead atoms. The molecule has 0 unspecified atom stereocenters. The maximum atomic E-state index is 14.5. The highest BCUT2D eigenvalue weighted by molar-refractivity contribution is 6.46. The van der Waals surface area contributed by atoms with Gasteiger partial charge in [0.05, 0.1) is 31.2 Å². The Hall–Kier alpha value is -4.13. The molecule has 6 nitrogen and oxygen atoms in total. The zero-order valence-electron chi connectivity index (χ0n) is 17.8. The molecule has 3 aromatic carbocycles. The number of methoxy groups -OCH3 is 2. The van der Waals surface area contributed by atoms with Crippen molar-refractivity contribution in [1.29, 1.82) is 0 Å². The molecule has 0 atom stereocenters. The number of hydrogen-bond donors (Lipinski definition) is 1. The minimum Gasteiger partial charge on any atom is -0.497 e. The van der Waals surface area contributed by atoms with Crippen LogP contribution in [0, 0.1) is 12.7 Å². The number of imide groups is 1. The van der Waals surface area contributed by atoms with E-state index in [1.54, 1.807) is 36.4 Å². The third-order valence-corrected chi connectivity index (χ3v) is 5.19. The number of hydrogen-bond acceptors (Lipinski definition) is 5. The highest BCUT2D eigenvalue weighted by Crippen LogP contribution is 2.37. The van der Waals surface area contributed by atoms with E-state index in [0.717, 1.165) is 10.5 Å². The van der Waals surface area contributed by atoms with Gasteiger partial charge in [0, 0.05) is 6.07 Å². The number of ether oxygens (including phenoxy) is 2. The van der Waals surface area contributed by atoms with Gasteiger partial charge in [0.25, 0.3) is 11.8 Å². The number of anilines is 2. The number of rotatable bonds is 6. The van der Waals surface area contributed by atoms with Crippen LogP contribution in [0.2, 0.25) is 0 Å². The molecular formula is C25H21FN2O4. The van der Waals surface area contributed by atoms with Crippen LogP contribution in [0.25, 0.3) is 5.57 Å². The predicted molar refractivity (Wildman–Crippen MR) is 120 cm³/mol. The van der Waals surface area contributed by atoms with Crippen molar-refractivity contribution in [2.45, 2.75) is 6.92 Å². The van der Waals surface area contributed by atoms with Crippen LogP contribution in [0.15, 0.2) is 72.4 Å². The summed E-state index contributed by atoms with van der Waals surface area (Å²) in [5.74, 6) is -0.945. The molecule has 0 saturated heterocycles. The number of amides is 2. The van der Waals surface area contributed by atoms with Gasteiger partial charge in [0.15, 0.2) is 0 Å². The quantitative estimate of drug-likeness (QED) is 0.579. The molecule has 32 heavy (non-hydrogen) atoms. The summed E-state index contributed by atoms with van der Waals surface area (Å²) in [5, 5.41) is 3.04. The Balaban J connectivity index is 1.85. The Morgan fingerprint density at radius 1 is 0.875 bits per heavy atom. The average molecular weight is 432 g/mol. The van der Waals surface area contributed by atoms with Gasteiger partial charge < -0.3 is 14.8 Å². The molecule has 3 aromatic rings. The zero-order chi connectivity index (χ0) is 22.8. The molecule has 1 N–H and O–H groups in total. The lowest BCUT2D eigenvalue weighted by Crippen LogP contribution is -2.33. The molecule has 1 heterocycles. The smallest absolute Gasteiger partial charge is 0.282 e. The van der Waals surface area contributed by atoms with Crippen molar-refractivity contribution >= 4 is 28.8 Å². The number of benzene rings is 3. The first kappa shape index (κ1) is 21.1. The zero-order valence-corrected chi connectivity index (χ0v) is 17.8. The SMILES string of the molecule is COc1ccc(NC2=C(c3ccc(C)cc3)C(=O)N(c3ccccc3F)C2=O)c(OC)c1. The molecule has 0 radical (unpaired) electrons. The molecule has 0 fully saturated rings. The third kappa shape index (κ3) is 3.69. The van der Waals surface area contributed by atoms with Gasteiger partial charge in [-0.05, 0) is 36.8 Å². The predicted octanol–water partition coefficient (Wildman–Crippen LogP) is 4.55. The molecule has 0 spiro atoms. The maximum absolute atomic E-state index is 14.5. The van der Waals surface area contributed by atoms with Crippen LogP contribution in [0.5, 0.6) is 11.5 Å². The summed E-state index contributed by atoms with van der Waals surface area (Å²) in [6, 6.07) is 17.9. The van der Waals surface area contributed by atoms with E-state index in [9.17, 15) is 14.0 Å². The summed E-state index contributed by atoms with van der Waals surface area (Å²) >= 11 is 0. The van der Waals surface area contributed by atoms with Crippen molar-refractivity contribution in [3.05, 3.63) is 89.4 Å². The van der Waals surface area contributed by atoms with Crippen LogP contribution in [-0.4, -0.2) is 26.0 Å². The fraction of sp³-hybridized carbons (Fsp3) is 0.120. The second kappa shape index (κ2) is 8.55. The Kier molecular flexibility index (Phi) is 5.64. The van der Waals surface area contributed by atoms with E-state index in [4.69, 9.17) is 9.47 Å². The lowest BCUT2D eigenvalue weighted by molar-refractivity contribution is -0.120. The number of aryl methyl sites for hydroxylation is 1. The first-order valence-corrected chi connectivity index (χ1v) is 9.88. The van der Waals surface area contributed by atoms with Gasteiger partial charge in [0.2, 0.25) is 0 Å². The monoisotopic (exact) mass is 432 g/mol. The molecule has 0 aromatic heterocycles. The van der Waals surface area contributed by atoms with E-state index >= 15 is 0 Å². The molecule has 0 aliphatic carbocycles. The van der Waals surface area contributed by atoms with E-state index < -0.39 is 17.6 Å². The third-order valence-electron chi connectivity index (χ3n) is 5.19. The second-order valence-corrected chi connectivity index (χ2v) is 7.20. The summed E-state index contributed by atoms with van der Waals surface area (Å²) in [4.78, 5) is 27.6. The van der Waals surface area contributed by atoms with Gasteiger partial charge in [-0.15, -0.1) is 0 Å². The molecule has 7 heteroatoms.